The van der Waals surface area contributed by atoms with Gasteiger partial charge in [-0.2, -0.15) is 5.26 Å². The molecule has 7 nitrogen and oxygen atoms in total. The van der Waals surface area contributed by atoms with Gasteiger partial charge in [0.15, 0.2) is 0 Å². The van der Waals surface area contributed by atoms with E-state index in [9.17, 15) is 24.3 Å². The van der Waals surface area contributed by atoms with E-state index in [-0.39, 0.29) is 47.5 Å². The molecule has 1 aromatic heterocycles. The number of alkyl halides is 1. The number of aromatic nitrogens is 1. The number of hydrogen-bond donors (Lipinski definition) is 2. The average molecular weight is 430 g/mol. The van der Waals surface area contributed by atoms with Gasteiger partial charge in [-0.05, 0) is 31.2 Å². The number of nitrogens with zero attached hydrogens (tertiary/aromatic N) is 3. The zero-order chi connectivity index (χ0) is 21.4. The fraction of sp³-hybridized carbons (Fsp3) is 0.500. The smallest absolute Gasteiger partial charge is 0.341 e. The Morgan fingerprint density at radius 2 is 2.06 bits per heavy atom. The molecule has 1 aliphatic heterocycles. The summed E-state index contributed by atoms with van der Waals surface area (Å²) in [4.78, 5) is 26.0. The predicted octanol–water partition coefficient (Wildman–Crippen LogP) is 2.95. The first-order valence-electron chi connectivity index (χ1n) is 9.98. The van der Waals surface area contributed by atoms with Crippen LogP contribution in [-0.2, 0) is 0 Å². The highest BCUT2D eigenvalue weighted by atomic mass is 19.1. The minimum Gasteiger partial charge on any atom is -0.477 e. The van der Waals surface area contributed by atoms with Gasteiger partial charge >= 0.3 is 5.97 Å². The van der Waals surface area contributed by atoms with Crippen molar-refractivity contribution in [3.63, 3.8) is 0 Å². The van der Waals surface area contributed by atoms with Crippen LogP contribution in [0.4, 0.5) is 14.5 Å². The average Bonchev–Trinajstić information content (AvgIpc) is 3.57. The van der Waals surface area contributed by atoms with Crippen molar-refractivity contribution in [3.05, 3.63) is 39.4 Å². The van der Waals surface area contributed by atoms with Crippen LogP contribution in [0.5, 0.6) is 0 Å². The van der Waals surface area contributed by atoms with E-state index < -0.39 is 35.0 Å². The minimum atomic E-state index is -1.48. The quantitative estimate of drug-likeness (QED) is 0.771. The van der Waals surface area contributed by atoms with Gasteiger partial charge in [-0.1, -0.05) is 7.43 Å². The summed E-state index contributed by atoms with van der Waals surface area (Å²) in [5.41, 5.74) is 4.72. The van der Waals surface area contributed by atoms with E-state index in [1.54, 1.807) is 4.90 Å². The summed E-state index contributed by atoms with van der Waals surface area (Å²) in [6.45, 7) is 1.02. The molecule has 5 rings (SSSR count). The van der Waals surface area contributed by atoms with Gasteiger partial charge in [0.2, 0.25) is 5.43 Å². The molecule has 2 saturated carbocycles. The number of carboxylic acids is 1. The molecular formula is C22H24F2N4O3. The van der Waals surface area contributed by atoms with E-state index in [4.69, 9.17) is 5.73 Å². The molecule has 2 aliphatic carbocycles. The monoisotopic (exact) mass is 430 g/mol. The topological polar surface area (TPSA) is 112 Å². The Morgan fingerprint density at radius 1 is 1.39 bits per heavy atom. The van der Waals surface area contributed by atoms with Crippen LogP contribution in [0.25, 0.3) is 10.9 Å². The number of anilines is 1. The first-order valence-corrected chi connectivity index (χ1v) is 9.98. The highest BCUT2D eigenvalue weighted by Crippen LogP contribution is 2.46. The van der Waals surface area contributed by atoms with E-state index >= 15 is 4.39 Å². The van der Waals surface area contributed by atoms with Crippen LogP contribution in [0, 0.1) is 23.1 Å². The first-order chi connectivity index (χ1) is 14.2. The summed E-state index contributed by atoms with van der Waals surface area (Å²) in [5, 5.41) is 19.1. The molecule has 3 fully saturated rings. The molecule has 1 saturated heterocycles. The van der Waals surface area contributed by atoms with E-state index in [1.165, 1.54) is 4.57 Å². The standard InChI is InChI=1S/C21H20F2N4O3.CH4/c22-14-6-16(14)27-9-13(20(29)30)19(28)11-5-15(23)18(12(7-24)17(11)27)26-4-1-10(8-26)21(25)2-3-21;/h5,9-10,14,16H,1-4,6,8,25H2,(H,29,30);1H4/t10?,14-,16+;/m0./s1. The molecule has 0 bridgehead atoms. The van der Waals surface area contributed by atoms with Gasteiger partial charge in [-0.3, -0.25) is 4.79 Å². The Kier molecular flexibility index (Phi) is 4.81. The normalized spacial score (nSPS) is 25.7. The number of pyridine rings is 1. The summed E-state index contributed by atoms with van der Waals surface area (Å²) >= 11 is 0. The van der Waals surface area contributed by atoms with Gasteiger partial charge < -0.3 is 20.3 Å². The zero-order valence-corrected chi connectivity index (χ0v) is 16.1. The largest absolute Gasteiger partial charge is 0.477 e. The lowest BCUT2D eigenvalue weighted by Crippen LogP contribution is -2.35. The number of fused-ring (bicyclic) bond motifs is 1. The fourth-order valence-electron chi connectivity index (χ4n) is 4.73. The van der Waals surface area contributed by atoms with Crippen molar-refractivity contribution < 1.29 is 18.7 Å². The van der Waals surface area contributed by atoms with Crippen LogP contribution >= 0.6 is 0 Å². The molecule has 164 valence electrons. The third-order valence-corrected chi connectivity index (χ3v) is 6.77. The van der Waals surface area contributed by atoms with Crippen molar-refractivity contribution >= 4 is 22.6 Å². The maximum atomic E-state index is 15.2. The van der Waals surface area contributed by atoms with E-state index in [2.05, 4.69) is 0 Å². The predicted molar refractivity (Wildman–Crippen MR) is 112 cm³/mol. The summed E-state index contributed by atoms with van der Waals surface area (Å²) in [5.74, 6) is -2.05. The van der Waals surface area contributed by atoms with Gasteiger partial charge in [0.1, 0.15) is 29.2 Å². The van der Waals surface area contributed by atoms with Crippen molar-refractivity contribution in [2.24, 2.45) is 11.7 Å². The maximum absolute atomic E-state index is 15.2. The number of rotatable bonds is 4. The molecule has 3 aliphatic rings. The van der Waals surface area contributed by atoms with Crippen molar-refractivity contribution in [1.82, 2.24) is 4.57 Å². The van der Waals surface area contributed by atoms with Crippen molar-refractivity contribution in [2.75, 3.05) is 18.0 Å². The van der Waals surface area contributed by atoms with Gasteiger partial charge in [0, 0.05) is 31.2 Å². The number of carboxylic acid groups (broad SMARTS) is 1. The van der Waals surface area contributed by atoms with Crippen LogP contribution in [0.2, 0.25) is 0 Å². The number of nitriles is 1. The minimum absolute atomic E-state index is 0. The highest BCUT2D eigenvalue weighted by Gasteiger charge is 2.48. The fourth-order valence-corrected chi connectivity index (χ4v) is 4.73. The van der Waals surface area contributed by atoms with Crippen LogP contribution in [0.1, 0.15) is 55.1 Å². The molecule has 0 amide bonds. The Morgan fingerprint density at radius 3 is 2.61 bits per heavy atom. The molecule has 1 aromatic carbocycles. The third-order valence-electron chi connectivity index (χ3n) is 6.77. The second kappa shape index (κ2) is 7.02. The highest BCUT2D eigenvalue weighted by molar-refractivity contribution is 5.96. The van der Waals surface area contributed by atoms with Crippen LogP contribution in [0.15, 0.2) is 17.1 Å². The maximum Gasteiger partial charge on any atom is 0.341 e. The molecule has 0 spiro atoms. The number of carbonyl (C=O) groups is 1. The molecule has 0 radical (unpaired) electrons. The lowest BCUT2D eigenvalue weighted by atomic mass is 9.97. The van der Waals surface area contributed by atoms with E-state index in [1.807, 2.05) is 6.07 Å². The van der Waals surface area contributed by atoms with Crippen molar-refractivity contribution in [3.8, 4) is 6.07 Å². The van der Waals surface area contributed by atoms with Crippen LogP contribution in [0.3, 0.4) is 0 Å². The second-order valence-corrected chi connectivity index (χ2v) is 8.66. The van der Waals surface area contributed by atoms with Gasteiger partial charge in [0.05, 0.1) is 22.6 Å². The van der Waals surface area contributed by atoms with Crippen LogP contribution in [-0.4, -0.2) is 40.4 Å². The number of aromatic carboxylic acids is 1. The Bertz CT molecular complexity index is 1200. The van der Waals surface area contributed by atoms with Crippen molar-refractivity contribution in [2.45, 2.75) is 50.9 Å². The molecule has 3 atom stereocenters. The molecule has 9 heteroatoms. The summed E-state index contributed by atoms with van der Waals surface area (Å²) in [6, 6.07) is 2.30. The lowest BCUT2D eigenvalue weighted by molar-refractivity contribution is 0.0694. The number of nitrogens with two attached hydrogens (primary N) is 1. The SMILES string of the molecule is C.N#Cc1c(N2CCC(C3(N)CC3)C2)c(F)cc2c(=O)c(C(=O)O)cn([C@@H]3C[C@@H]3F)c12. The van der Waals surface area contributed by atoms with E-state index in [0.717, 1.165) is 31.5 Å². The molecule has 31 heavy (non-hydrogen) atoms. The Balaban J connectivity index is 0.00000231. The second-order valence-electron chi connectivity index (χ2n) is 8.66. The molecular weight excluding hydrogens is 406 g/mol. The lowest BCUT2D eigenvalue weighted by Gasteiger charge is -2.24. The molecule has 3 N–H and O–H groups in total. The molecule has 2 aromatic rings. The molecule has 2 heterocycles. The van der Waals surface area contributed by atoms with Crippen LogP contribution < -0.4 is 16.1 Å². The summed E-state index contributed by atoms with van der Waals surface area (Å²) in [7, 11) is 0. The van der Waals surface area contributed by atoms with Gasteiger partial charge in [-0.25, -0.2) is 13.6 Å². The summed E-state index contributed by atoms with van der Waals surface area (Å²) in [6.07, 6.45) is 2.64. The first kappa shape index (κ1) is 21.2. The van der Waals surface area contributed by atoms with Gasteiger partial charge in [0.25, 0.3) is 0 Å². The summed E-state index contributed by atoms with van der Waals surface area (Å²) < 4.78 is 30.4. The van der Waals surface area contributed by atoms with Gasteiger partial charge in [-0.15, -0.1) is 0 Å². The van der Waals surface area contributed by atoms with Crippen molar-refractivity contribution in [1.29, 1.82) is 5.26 Å². The number of halogens is 2. The Labute approximate surface area is 177 Å². The molecule has 1 unspecified atom stereocenters. The number of benzene rings is 1. The third kappa shape index (κ3) is 3.17. The van der Waals surface area contributed by atoms with E-state index in [0.29, 0.717) is 13.1 Å². The number of hydrogen-bond acceptors (Lipinski definition) is 5. The zero-order valence-electron chi connectivity index (χ0n) is 16.1. The Hall–Kier alpha value is -2.99.